The van der Waals surface area contributed by atoms with E-state index in [1.54, 1.807) is 24.1 Å². The van der Waals surface area contributed by atoms with Crippen molar-refractivity contribution in [1.82, 2.24) is 15.1 Å². The van der Waals surface area contributed by atoms with Gasteiger partial charge in [0.15, 0.2) is 0 Å². The number of carboxylic acids is 1. The van der Waals surface area contributed by atoms with Crippen molar-refractivity contribution >= 4 is 23.6 Å². The number of carboxylic acid groups (broad SMARTS) is 1. The molecule has 1 rings (SSSR count). The Kier molecular flexibility index (Phi) is 4.36. The molecule has 1 aromatic rings. The smallest absolute Gasteiger partial charge is 0.327 e. The number of aromatic nitrogens is 2. The Bertz CT molecular complexity index is 391. The quantitative estimate of drug-likeness (QED) is 0.717. The molecule has 1 aromatic heterocycles. The van der Waals surface area contributed by atoms with Crippen molar-refractivity contribution in [2.24, 2.45) is 7.05 Å². The summed E-state index contributed by atoms with van der Waals surface area (Å²) in [7, 11) is 1.78. The highest BCUT2D eigenvalue weighted by Gasteiger charge is 2.18. The lowest BCUT2D eigenvalue weighted by Gasteiger charge is -2.11. The standard InChI is InChI=1S/C9H13N3O3S/c1-6(13)11-8(9(14)15)5-16-7-3-10-12(2)4-7/h3-4,8H,5H2,1-2H3,(H,11,13)(H,14,15). The largest absolute Gasteiger partial charge is 0.480 e. The molecule has 0 bridgehead atoms. The highest BCUT2D eigenvalue weighted by Crippen LogP contribution is 2.17. The average Bonchev–Trinajstić information content (AvgIpc) is 2.58. The maximum absolute atomic E-state index is 10.8. The molecule has 0 aliphatic heterocycles. The van der Waals surface area contributed by atoms with Crippen LogP contribution in [0.4, 0.5) is 0 Å². The number of thioether (sulfide) groups is 1. The summed E-state index contributed by atoms with van der Waals surface area (Å²) in [5.74, 6) is -1.11. The van der Waals surface area contributed by atoms with Gasteiger partial charge in [0.1, 0.15) is 6.04 Å². The van der Waals surface area contributed by atoms with Crippen LogP contribution in [0.15, 0.2) is 17.3 Å². The summed E-state index contributed by atoms with van der Waals surface area (Å²) in [4.78, 5) is 22.5. The molecule has 0 aliphatic rings. The summed E-state index contributed by atoms with van der Waals surface area (Å²) in [6.07, 6.45) is 3.44. The Morgan fingerprint density at radius 2 is 2.38 bits per heavy atom. The minimum absolute atomic E-state index is 0.278. The number of amides is 1. The first kappa shape index (κ1) is 12.6. The summed E-state index contributed by atoms with van der Waals surface area (Å²) in [6, 6.07) is -0.872. The van der Waals surface area contributed by atoms with Gasteiger partial charge in [0.2, 0.25) is 5.91 Å². The molecule has 0 radical (unpaired) electrons. The van der Waals surface area contributed by atoms with Crippen LogP contribution >= 0.6 is 11.8 Å². The van der Waals surface area contributed by atoms with Crippen molar-refractivity contribution in [2.45, 2.75) is 17.9 Å². The molecule has 1 heterocycles. The number of nitrogens with zero attached hydrogens (tertiary/aromatic N) is 2. The Labute approximate surface area is 97.0 Å². The molecule has 2 N–H and O–H groups in total. The molecule has 6 nitrogen and oxygen atoms in total. The number of hydrogen-bond acceptors (Lipinski definition) is 4. The van der Waals surface area contributed by atoms with E-state index in [0.717, 1.165) is 4.90 Å². The Morgan fingerprint density at radius 3 is 2.81 bits per heavy atom. The molecule has 1 atom stereocenters. The van der Waals surface area contributed by atoms with E-state index in [1.165, 1.54) is 18.7 Å². The molecule has 7 heteroatoms. The molecule has 1 amide bonds. The van der Waals surface area contributed by atoms with Crippen molar-refractivity contribution in [3.05, 3.63) is 12.4 Å². The zero-order valence-electron chi connectivity index (χ0n) is 9.01. The van der Waals surface area contributed by atoms with Gasteiger partial charge < -0.3 is 10.4 Å². The van der Waals surface area contributed by atoms with Crippen LogP contribution in [0.25, 0.3) is 0 Å². The lowest BCUT2D eigenvalue weighted by atomic mass is 10.3. The summed E-state index contributed by atoms with van der Waals surface area (Å²) < 4.78 is 1.64. The van der Waals surface area contributed by atoms with E-state index in [0.29, 0.717) is 0 Å². The highest BCUT2D eigenvalue weighted by molar-refractivity contribution is 7.99. The highest BCUT2D eigenvalue weighted by atomic mass is 32.2. The predicted octanol–water partition coefficient (Wildman–Crippen LogP) is 0.101. The van der Waals surface area contributed by atoms with Gasteiger partial charge in [-0.05, 0) is 0 Å². The van der Waals surface area contributed by atoms with E-state index < -0.39 is 12.0 Å². The second-order valence-corrected chi connectivity index (χ2v) is 4.35. The van der Waals surface area contributed by atoms with Crippen LogP contribution in [0.5, 0.6) is 0 Å². The Morgan fingerprint density at radius 1 is 1.69 bits per heavy atom. The third kappa shape index (κ3) is 3.93. The lowest BCUT2D eigenvalue weighted by molar-refractivity contribution is -0.140. The van der Waals surface area contributed by atoms with Crippen molar-refractivity contribution in [2.75, 3.05) is 5.75 Å². The van der Waals surface area contributed by atoms with Crippen molar-refractivity contribution in [1.29, 1.82) is 0 Å². The van der Waals surface area contributed by atoms with Crippen LogP contribution in [0.3, 0.4) is 0 Å². The first-order valence-electron chi connectivity index (χ1n) is 4.60. The number of carbonyl (C=O) groups excluding carboxylic acids is 1. The average molecular weight is 243 g/mol. The zero-order valence-corrected chi connectivity index (χ0v) is 9.82. The number of carbonyl (C=O) groups is 2. The number of aryl methyl sites for hydroxylation is 1. The molecular formula is C9H13N3O3S. The van der Waals surface area contributed by atoms with E-state index >= 15 is 0 Å². The van der Waals surface area contributed by atoms with Gasteiger partial charge in [-0.25, -0.2) is 4.79 Å². The summed E-state index contributed by atoms with van der Waals surface area (Å²) in [5, 5.41) is 15.2. The van der Waals surface area contributed by atoms with Crippen LogP contribution in [0, 0.1) is 0 Å². The molecule has 1 unspecified atom stereocenters. The molecule has 0 aliphatic carbocycles. The zero-order chi connectivity index (χ0) is 12.1. The Hall–Kier alpha value is -1.50. The number of aliphatic carboxylic acids is 1. The maximum atomic E-state index is 10.8. The van der Waals surface area contributed by atoms with Gasteiger partial charge in [-0.1, -0.05) is 0 Å². The van der Waals surface area contributed by atoms with Crippen LogP contribution in [-0.2, 0) is 16.6 Å². The van der Waals surface area contributed by atoms with E-state index in [-0.39, 0.29) is 11.7 Å². The van der Waals surface area contributed by atoms with Gasteiger partial charge in [0.25, 0.3) is 0 Å². The van der Waals surface area contributed by atoms with Crippen LogP contribution in [0.2, 0.25) is 0 Å². The maximum Gasteiger partial charge on any atom is 0.327 e. The minimum Gasteiger partial charge on any atom is -0.480 e. The van der Waals surface area contributed by atoms with Gasteiger partial charge >= 0.3 is 5.97 Å². The third-order valence-corrected chi connectivity index (χ3v) is 2.82. The SMILES string of the molecule is CC(=O)NC(CSc1cnn(C)c1)C(=O)O. The fourth-order valence-corrected chi connectivity index (χ4v) is 2.01. The molecule has 0 fully saturated rings. The number of rotatable bonds is 5. The minimum atomic E-state index is -1.04. The van der Waals surface area contributed by atoms with E-state index in [1.807, 2.05) is 0 Å². The van der Waals surface area contributed by atoms with Crippen molar-refractivity contribution in [3.63, 3.8) is 0 Å². The van der Waals surface area contributed by atoms with Gasteiger partial charge in [-0.15, -0.1) is 11.8 Å². The van der Waals surface area contributed by atoms with E-state index in [9.17, 15) is 9.59 Å². The topological polar surface area (TPSA) is 84.2 Å². The first-order valence-corrected chi connectivity index (χ1v) is 5.59. The molecule has 16 heavy (non-hydrogen) atoms. The molecule has 0 aromatic carbocycles. The first-order chi connectivity index (χ1) is 7.49. The molecule has 0 spiro atoms. The number of nitrogens with one attached hydrogen (secondary N) is 1. The monoisotopic (exact) mass is 243 g/mol. The second kappa shape index (κ2) is 5.55. The van der Waals surface area contributed by atoms with Crippen LogP contribution in [0.1, 0.15) is 6.92 Å². The van der Waals surface area contributed by atoms with Gasteiger partial charge in [-0.2, -0.15) is 5.10 Å². The van der Waals surface area contributed by atoms with E-state index in [2.05, 4.69) is 10.4 Å². The summed E-state index contributed by atoms with van der Waals surface area (Å²) in [6.45, 7) is 1.30. The van der Waals surface area contributed by atoms with Crippen LogP contribution in [-0.4, -0.2) is 38.6 Å². The normalized spacial score (nSPS) is 12.1. The fraction of sp³-hybridized carbons (Fsp3) is 0.444. The van der Waals surface area contributed by atoms with Crippen LogP contribution < -0.4 is 5.32 Å². The van der Waals surface area contributed by atoms with Gasteiger partial charge in [-0.3, -0.25) is 9.48 Å². The second-order valence-electron chi connectivity index (χ2n) is 3.25. The predicted molar refractivity (Wildman–Crippen MR) is 59.2 cm³/mol. The number of hydrogen-bond donors (Lipinski definition) is 2. The molecule has 0 saturated carbocycles. The van der Waals surface area contributed by atoms with Gasteiger partial charge in [0, 0.05) is 30.8 Å². The molecule has 0 saturated heterocycles. The van der Waals surface area contributed by atoms with Crippen molar-refractivity contribution < 1.29 is 14.7 Å². The van der Waals surface area contributed by atoms with Crippen molar-refractivity contribution in [3.8, 4) is 0 Å². The summed E-state index contributed by atoms with van der Waals surface area (Å²) in [5.41, 5.74) is 0. The third-order valence-electron chi connectivity index (χ3n) is 1.77. The fourth-order valence-electron chi connectivity index (χ4n) is 1.07. The van der Waals surface area contributed by atoms with Gasteiger partial charge in [0.05, 0.1) is 6.20 Å². The lowest BCUT2D eigenvalue weighted by Crippen LogP contribution is -2.41. The van der Waals surface area contributed by atoms with E-state index in [4.69, 9.17) is 5.11 Å². The molecular weight excluding hydrogens is 230 g/mol. The molecule has 88 valence electrons. The summed E-state index contributed by atoms with van der Waals surface area (Å²) >= 11 is 1.34. The Balaban J connectivity index is 2.50.